The Hall–Kier alpha value is -1.70. The normalized spacial score (nSPS) is 10.7. The predicted octanol–water partition coefficient (Wildman–Crippen LogP) is 5.54. The summed E-state index contributed by atoms with van der Waals surface area (Å²) in [6.45, 7) is 0. The van der Waals surface area contributed by atoms with Crippen molar-refractivity contribution in [2.45, 2.75) is 0 Å². The van der Waals surface area contributed by atoms with Crippen molar-refractivity contribution in [1.29, 1.82) is 0 Å². The first-order valence-electron chi connectivity index (χ1n) is 7.33. The van der Waals surface area contributed by atoms with E-state index < -0.39 is 0 Å². The molecule has 0 aromatic heterocycles. The molecule has 1 amide bonds. The van der Waals surface area contributed by atoms with E-state index in [0.29, 0.717) is 28.0 Å². The van der Waals surface area contributed by atoms with Crippen LogP contribution in [0.4, 0.5) is 5.69 Å². The molecular weight excluding hydrogens is 489 g/mol. The van der Waals surface area contributed by atoms with Crippen molar-refractivity contribution < 1.29 is 19.0 Å². The summed E-state index contributed by atoms with van der Waals surface area (Å²) in [6.07, 6.45) is 3.06. The lowest BCUT2D eigenvalue weighted by molar-refractivity contribution is -0.111. The van der Waals surface area contributed by atoms with Crippen molar-refractivity contribution in [2.24, 2.45) is 0 Å². The van der Waals surface area contributed by atoms with Crippen LogP contribution in [-0.2, 0) is 4.79 Å². The quantitative estimate of drug-likeness (QED) is 0.524. The highest BCUT2D eigenvalue weighted by atomic mass is 79.9. The fourth-order valence-electron chi connectivity index (χ4n) is 2.22. The van der Waals surface area contributed by atoms with Crippen LogP contribution < -0.4 is 19.5 Å². The molecule has 0 atom stereocenters. The van der Waals surface area contributed by atoms with Crippen LogP contribution in [0, 0.1) is 0 Å². The molecule has 138 valence electrons. The van der Waals surface area contributed by atoms with E-state index in [1.807, 2.05) is 12.1 Å². The Morgan fingerprint density at radius 2 is 1.73 bits per heavy atom. The van der Waals surface area contributed by atoms with Crippen LogP contribution in [0.5, 0.6) is 17.2 Å². The predicted molar refractivity (Wildman–Crippen MR) is 111 cm³/mol. The minimum Gasteiger partial charge on any atom is -0.495 e. The molecule has 2 aromatic rings. The number of benzene rings is 2. The van der Waals surface area contributed by atoms with E-state index in [9.17, 15) is 4.79 Å². The van der Waals surface area contributed by atoms with Gasteiger partial charge in [-0.2, -0.15) is 0 Å². The van der Waals surface area contributed by atoms with Crippen LogP contribution in [0.3, 0.4) is 0 Å². The van der Waals surface area contributed by atoms with Crippen molar-refractivity contribution in [2.75, 3.05) is 26.6 Å². The Kier molecular flexibility index (Phi) is 7.37. The second-order valence-electron chi connectivity index (χ2n) is 5.02. The van der Waals surface area contributed by atoms with Crippen LogP contribution in [0.25, 0.3) is 6.08 Å². The molecule has 0 saturated heterocycles. The monoisotopic (exact) mass is 503 g/mol. The van der Waals surface area contributed by atoms with Gasteiger partial charge in [0.1, 0.15) is 17.2 Å². The van der Waals surface area contributed by atoms with Crippen molar-refractivity contribution in [3.8, 4) is 17.2 Å². The van der Waals surface area contributed by atoms with Crippen molar-refractivity contribution in [1.82, 2.24) is 0 Å². The lowest BCUT2D eigenvalue weighted by atomic mass is 10.2. The number of nitrogens with one attached hydrogen (secondary N) is 1. The van der Waals surface area contributed by atoms with E-state index in [4.69, 9.17) is 25.8 Å². The molecule has 5 nitrogen and oxygen atoms in total. The third-order valence-electron chi connectivity index (χ3n) is 3.39. The first-order chi connectivity index (χ1) is 12.4. The molecule has 0 saturated carbocycles. The first kappa shape index (κ1) is 20.6. The number of ether oxygens (including phenoxy) is 3. The van der Waals surface area contributed by atoms with Gasteiger partial charge >= 0.3 is 0 Å². The summed E-state index contributed by atoms with van der Waals surface area (Å²) in [4.78, 5) is 12.3. The van der Waals surface area contributed by atoms with Crippen molar-refractivity contribution in [3.63, 3.8) is 0 Å². The summed E-state index contributed by atoms with van der Waals surface area (Å²) in [5.74, 6) is 1.15. The number of halogens is 3. The molecular formula is C18H16Br2ClNO4. The smallest absolute Gasteiger partial charge is 0.248 e. The second-order valence-corrected chi connectivity index (χ2v) is 7.20. The van der Waals surface area contributed by atoms with Gasteiger partial charge in [-0.15, -0.1) is 0 Å². The molecule has 0 aliphatic carbocycles. The summed E-state index contributed by atoms with van der Waals surface area (Å²) >= 11 is 12.9. The van der Waals surface area contributed by atoms with Gasteiger partial charge in [-0.05, 0) is 34.1 Å². The number of methoxy groups -OCH3 is 3. The van der Waals surface area contributed by atoms with Crippen LogP contribution in [0.1, 0.15) is 5.56 Å². The topological polar surface area (TPSA) is 56.8 Å². The Bertz CT molecular complexity index is 856. The lowest BCUT2D eigenvalue weighted by Gasteiger charge is -2.12. The number of carbonyl (C=O) groups excluding carboxylic acids is 1. The molecule has 1 N–H and O–H groups in total. The average molecular weight is 506 g/mol. The minimum absolute atomic E-state index is 0.342. The fourth-order valence-corrected chi connectivity index (χ4v) is 3.87. The highest BCUT2D eigenvalue weighted by Gasteiger charge is 2.12. The maximum absolute atomic E-state index is 12.3. The Balaban J connectivity index is 2.26. The zero-order valence-corrected chi connectivity index (χ0v) is 18.2. The molecule has 0 spiro atoms. The third kappa shape index (κ3) is 4.93. The van der Waals surface area contributed by atoms with E-state index >= 15 is 0 Å². The number of rotatable bonds is 6. The van der Waals surface area contributed by atoms with Gasteiger partial charge < -0.3 is 19.5 Å². The summed E-state index contributed by atoms with van der Waals surface area (Å²) in [7, 11) is 4.56. The van der Waals surface area contributed by atoms with Crippen LogP contribution >= 0.6 is 43.5 Å². The van der Waals surface area contributed by atoms with Crippen LogP contribution in [0.2, 0.25) is 5.02 Å². The molecule has 0 bridgehead atoms. The molecule has 0 aliphatic rings. The van der Waals surface area contributed by atoms with Crippen LogP contribution in [-0.4, -0.2) is 27.2 Å². The fraction of sp³-hybridized carbons (Fsp3) is 0.167. The zero-order chi connectivity index (χ0) is 19.3. The van der Waals surface area contributed by atoms with Gasteiger partial charge in [0.25, 0.3) is 0 Å². The molecule has 0 radical (unpaired) electrons. The van der Waals surface area contributed by atoms with Gasteiger partial charge in [-0.1, -0.05) is 27.5 Å². The highest BCUT2D eigenvalue weighted by molar-refractivity contribution is 9.11. The zero-order valence-electron chi connectivity index (χ0n) is 14.2. The van der Waals surface area contributed by atoms with E-state index in [-0.39, 0.29) is 5.91 Å². The maximum atomic E-state index is 12.3. The van der Waals surface area contributed by atoms with Crippen molar-refractivity contribution >= 4 is 61.1 Å². The van der Waals surface area contributed by atoms with Gasteiger partial charge in [0.15, 0.2) is 0 Å². The Morgan fingerprint density at radius 3 is 2.35 bits per heavy atom. The van der Waals surface area contributed by atoms with E-state index in [1.165, 1.54) is 20.3 Å². The highest BCUT2D eigenvalue weighted by Crippen LogP contribution is 2.36. The standard InChI is InChI=1S/C18H16Br2ClNO4/c1-24-15-9-14(16(25-2)8-13(15)21)22-17(23)5-4-10-6-11(19)7-12(20)18(10)26-3/h4-9H,1-3H3,(H,22,23)/b5-4+. The average Bonchev–Trinajstić information content (AvgIpc) is 2.60. The molecule has 0 fully saturated rings. The third-order valence-corrected chi connectivity index (χ3v) is 4.73. The van der Waals surface area contributed by atoms with Gasteiger partial charge in [0.2, 0.25) is 5.91 Å². The summed E-state index contributed by atoms with van der Waals surface area (Å²) in [6, 6.07) is 6.89. The number of hydrogen-bond donors (Lipinski definition) is 1. The number of hydrogen-bond acceptors (Lipinski definition) is 4. The summed E-state index contributed by atoms with van der Waals surface area (Å²) < 4.78 is 17.4. The molecule has 0 unspecified atom stereocenters. The van der Waals surface area contributed by atoms with E-state index in [0.717, 1.165) is 14.5 Å². The van der Waals surface area contributed by atoms with Gasteiger partial charge in [0, 0.05) is 28.2 Å². The molecule has 0 heterocycles. The van der Waals surface area contributed by atoms with Crippen LogP contribution in [0.15, 0.2) is 39.3 Å². The maximum Gasteiger partial charge on any atom is 0.248 e. The molecule has 2 rings (SSSR count). The molecule has 2 aromatic carbocycles. The van der Waals surface area contributed by atoms with Gasteiger partial charge in [-0.25, -0.2) is 0 Å². The SMILES string of the molecule is COc1cc(NC(=O)/C=C/c2cc(Br)cc(Br)c2OC)c(OC)cc1Cl. The molecule has 8 heteroatoms. The minimum atomic E-state index is -0.342. The second kappa shape index (κ2) is 9.30. The molecule has 0 aliphatic heterocycles. The van der Waals surface area contributed by atoms with E-state index in [1.54, 1.807) is 25.3 Å². The van der Waals surface area contributed by atoms with Gasteiger partial charge in [-0.3, -0.25) is 4.79 Å². The number of carbonyl (C=O) groups is 1. The Morgan fingerprint density at radius 1 is 1.04 bits per heavy atom. The number of anilines is 1. The molecule has 26 heavy (non-hydrogen) atoms. The van der Waals surface area contributed by atoms with E-state index in [2.05, 4.69) is 37.2 Å². The van der Waals surface area contributed by atoms with Gasteiger partial charge in [0.05, 0.1) is 36.5 Å². The largest absolute Gasteiger partial charge is 0.495 e. The Labute approximate surface area is 173 Å². The summed E-state index contributed by atoms with van der Waals surface area (Å²) in [5, 5.41) is 3.14. The lowest BCUT2D eigenvalue weighted by Crippen LogP contribution is -2.09. The van der Waals surface area contributed by atoms with Crippen molar-refractivity contribution in [3.05, 3.63) is 49.9 Å². The first-order valence-corrected chi connectivity index (χ1v) is 9.29. The summed E-state index contributed by atoms with van der Waals surface area (Å²) in [5.41, 5.74) is 1.19. The number of amides is 1.